The predicted molar refractivity (Wildman–Crippen MR) is 69.2 cm³/mol. The van der Waals surface area contributed by atoms with Crippen molar-refractivity contribution < 1.29 is 18.0 Å². The van der Waals surface area contributed by atoms with Crippen LogP contribution in [0.4, 0.5) is 13.2 Å². The van der Waals surface area contributed by atoms with E-state index in [2.05, 4.69) is 0 Å². The summed E-state index contributed by atoms with van der Waals surface area (Å²) in [6, 6.07) is 3.43. The lowest BCUT2D eigenvalue weighted by molar-refractivity contribution is -0.186. The van der Waals surface area contributed by atoms with Crippen molar-refractivity contribution in [2.75, 3.05) is 13.1 Å². The highest BCUT2D eigenvalue weighted by Gasteiger charge is 2.47. The number of piperidine rings is 1. The third-order valence-electron chi connectivity index (χ3n) is 3.99. The number of nitrogens with zero attached hydrogens (tertiary/aromatic N) is 1. The van der Waals surface area contributed by atoms with Gasteiger partial charge in [0.05, 0.1) is 10.0 Å². The molecule has 1 fully saturated rings. The number of halogens is 5. The smallest absolute Gasteiger partial charge is 0.334 e. The Morgan fingerprint density at radius 2 is 1.55 bits per heavy atom. The first-order valence-electron chi connectivity index (χ1n) is 6.12. The molecular weight excluding hydrogens is 314 g/mol. The van der Waals surface area contributed by atoms with E-state index in [9.17, 15) is 18.0 Å². The Morgan fingerprint density at radius 3 is 1.95 bits per heavy atom. The van der Waals surface area contributed by atoms with Crippen LogP contribution in [-0.2, 0) is 4.79 Å². The minimum absolute atomic E-state index is 0.0831. The maximum absolute atomic E-state index is 12.5. The van der Waals surface area contributed by atoms with Crippen LogP contribution in [0.3, 0.4) is 0 Å². The minimum atomic E-state index is -4.82. The highest BCUT2D eigenvalue weighted by atomic mass is 35.5. The third kappa shape index (κ3) is 2.17. The van der Waals surface area contributed by atoms with Crippen molar-refractivity contribution in [2.24, 2.45) is 0 Å². The summed E-state index contributed by atoms with van der Waals surface area (Å²) in [4.78, 5) is 12.3. The zero-order chi connectivity index (χ0) is 14.7. The number of benzene rings is 1. The van der Waals surface area contributed by atoms with Gasteiger partial charge in [0.25, 0.3) is 0 Å². The molecule has 1 aliphatic heterocycles. The molecule has 3 rings (SSSR count). The summed E-state index contributed by atoms with van der Waals surface area (Å²) in [7, 11) is 0. The van der Waals surface area contributed by atoms with E-state index in [4.69, 9.17) is 23.2 Å². The summed E-state index contributed by atoms with van der Waals surface area (Å²) in [5.74, 6) is -1.95. The number of fused-ring (bicyclic) bond motifs is 5. The van der Waals surface area contributed by atoms with Gasteiger partial charge in [-0.05, 0) is 29.7 Å². The molecule has 1 saturated heterocycles. The second kappa shape index (κ2) is 4.53. The van der Waals surface area contributed by atoms with Gasteiger partial charge in [-0.25, -0.2) is 0 Å². The van der Waals surface area contributed by atoms with Crippen molar-refractivity contribution in [1.82, 2.24) is 4.90 Å². The summed E-state index contributed by atoms with van der Waals surface area (Å²) in [5, 5.41) is 0.790. The number of carbonyl (C=O) groups excluding carboxylic acids is 1. The maximum atomic E-state index is 12.5. The average molecular weight is 324 g/mol. The van der Waals surface area contributed by atoms with Crippen LogP contribution < -0.4 is 0 Å². The van der Waals surface area contributed by atoms with E-state index in [-0.39, 0.29) is 24.9 Å². The lowest BCUT2D eigenvalue weighted by Crippen LogP contribution is -2.46. The van der Waals surface area contributed by atoms with Gasteiger partial charge in [-0.3, -0.25) is 4.79 Å². The Morgan fingerprint density at radius 1 is 1.10 bits per heavy atom. The first kappa shape index (κ1) is 14.0. The number of rotatable bonds is 0. The minimum Gasteiger partial charge on any atom is -0.334 e. The van der Waals surface area contributed by atoms with E-state index < -0.39 is 12.1 Å². The molecule has 0 N–H and O–H groups in total. The Labute approximate surface area is 123 Å². The Bertz CT molecular complexity index is 551. The fourth-order valence-corrected chi connectivity index (χ4v) is 3.52. The second-order valence-corrected chi connectivity index (χ2v) is 6.05. The molecule has 108 valence electrons. The van der Waals surface area contributed by atoms with Crippen LogP contribution in [0.25, 0.3) is 0 Å². The molecule has 7 heteroatoms. The summed E-state index contributed by atoms with van der Waals surface area (Å²) >= 11 is 11.9. The normalized spacial score (nSPS) is 24.8. The Kier molecular flexibility index (Phi) is 3.18. The van der Waals surface area contributed by atoms with Gasteiger partial charge in [0.15, 0.2) is 0 Å². The van der Waals surface area contributed by atoms with Gasteiger partial charge in [0.1, 0.15) is 0 Å². The molecule has 1 heterocycles. The quantitative estimate of drug-likeness (QED) is 0.707. The Hall–Kier alpha value is -0.940. The standard InChI is InChI=1S/C13H10Cl2F3NO/c14-10-2-8-6-1-7(9(8)3-11(10)15)5-19(4-6)12(20)13(16,17)18/h2-3,6-7H,1,4-5H2/t6-,7+. The van der Waals surface area contributed by atoms with Crippen molar-refractivity contribution in [2.45, 2.75) is 24.4 Å². The molecule has 0 unspecified atom stereocenters. The number of carbonyl (C=O) groups is 1. The molecular formula is C13H10Cl2F3NO. The number of amides is 1. The molecule has 1 aliphatic carbocycles. The van der Waals surface area contributed by atoms with Crippen LogP contribution in [0.15, 0.2) is 12.1 Å². The first-order valence-corrected chi connectivity index (χ1v) is 6.88. The molecule has 1 amide bonds. The molecule has 20 heavy (non-hydrogen) atoms. The summed E-state index contributed by atoms with van der Waals surface area (Å²) in [5.41, 5.74) is 1.84. The lowest BCUT2D eigenvalue weighted by atomic mass is 9.96. The van der Waals surface area contributed by atoms with Crippen molar-refractivity contribution >= 4 is 29.1 Å². The number of hydrogen-bond acceptors (Lipinski definition) is 1. The van der Waals surface area contributed by atoms with Gasteiger partial charge in [-0.2, -0.15) is 13.2 Å². The number of alkyl halides is 3. The van der Waals surface area contributed by atoms with Gasteiger partial charge in [-0.15, -0.1) is 0 Å². The van der Waals surface area contributed by atoms with E-state index in [1.54, 1.807) is 12.1 Å². The molecule has 2 bridgehead atoms. The second-order valence-electron chi connectivity index (χ2n) is 5.23. The molecule has 0 spiro atoms. The Balaban J connectivity index is 1.92. The summed E-state index contributed by atoms with van der Waals surface area (Å²) in [6.45, 7) is 0.166. The van der Waals surface area contributed by atoms with Crippen LogP contribution in [0.1, 0.15) is 29.4 Å². The van der Waals surface area contributed by atoms with Crippen LogP contribution in [-0.4, -0.2) is 30.1 Å². The van der Waals surface area contributed by atoms with E-state index in [0.29, 0.717) is 10.0 Å². The molecule has 1 aromatic rings. The fraction of sp³-hybridized carbons (Fsp3) is 0.462. The fourth-order valence-electron chi connectivity index (χ4n) is 3.18. The van der Waals surface area contributed by atoms with Gasteiger partial charge in [0, 0.05) is 24.9 Å². The van der Waals surface area contributed by atoms with Crippen LogP contribution in [0.5, 0.6) is 0 Å². The zero-order valence-electron chi connectivity index (χ0n) is 10.2. The zero-order valence-corrected chi connectivity index (χ0v) is 11.7. The molecule has 2 atom stereocenters. The molecule has 0 radical (unpaired) electrons. The maximum Gasteiger partial charge on any atom is 0.471 e. The van der Waals surface area contributed by atoms with Gasteiger partial charge in [-0.1, -0.05) is 23.2 Å². The van der Waals surface area contributed by atoms with E-state index >= 15 is 0 Å². The van der Waals surface area contributed by atoms with Crippen molar-refractivity contribution in [1.29, 1.82) is 0 Å². The van der Waals surface area contributed by atoms with Gasteiger partial charge >= 0.3 is 12.1 Å². The molecule has 2 nitrogen and oxygen atoms in total. The van der Waals surface area contributed by atoms with Crippen LogP contribution in [0, 0.1) is 0 Å². The van der Waals surface area contributed by atoms with E-state index in [1.165, 1.54) is 0 Å². The molecule has 2 aliphatic rings. The van der Waals surface area contributed by atoms with E-state index in [0.717, 1.165) is 22.4 Å². The molecule has 0 saturated carbocycles. The highest BCUT2D eigenvalue weighted by Crippen LogP contribution is 2.48. The molecule has 1 aromatic carbocycles. The van der Waals surface area contributed by atoms with E-state index in [1.807, 2.05) is 0 Å². The van der Waals surface area contributed by atoms with Crippen LogP contribution >= 0.6 is 23.2 Å². The summed E-state index contributed by atoms with van der Waals surface area (Å²) in [6.07, 6.45) is -4.08. The third-order valence-corrected chi connectivity index (χ3v) is 4.71. The van der Waals surface area contributed by atoms with Crippen molar-refractivity contribution in [3.05, 3.63) is 33.3 Å². The predicted octanol–water partition coefficient (Wildman–Crippen LogP) is 3.97. The lowest BCUT2D eigenvalue weighted by Gasteiger charge is -2.32. The SMILES string of the molecule is O=C(N1C[C@H]2C[C@@H](C1)c1cc(Cl)c(Cl)cc12)C(F)(F)F. The number of likely N-dealkylation sites (tertiary alicyclic amines) is 1. The monoisotopic (exact) mass is 323 g/mol. The average Bonchev–Trinajstić information content (AvgIpc) is 2.60. The largest absolute Gasteiger partial charge is 0.471 e. The van der Waals surface area contributed by atoms with Gasteiger partial charge < -0.3 is 4.90 Å². The van der Waals surface area contributed by atoms with Crippen LogP contribution in [0.2, 0.25) is 10.0 Å². The van der Waals surface area contributed by atoms with Crippen molar-refractivity contribution in [3.8, 4) is 0 Å². The van der Waals surface area contributed by atoms with Gasteiger partial charge in [0.2, 0.25) is 0 Å². The first-order chi connectivity index (χ1) is 9.27. The highest BCUT2D eigenvalue weighted by molar-refractivity contribution is 6.42. The van der Waals surface area contributed by atoms with Crippen molar-refractivity contribution in [3.63, 3.8) is 0 Å². The number of hydrogen-bond donors (Lipinski definition) is 0. The molecule has 0 aromatic heterocycles. The summed E-state index contributed by atoms with van der Waals surface area (Å²) < 4.78 is 37.6. The topological polar surface area (TPSA) is 20.3 Å².